The lowest BCUT2D eigenvalue weighted by Crippen LogP contribution is -2.45. The fraction of sp³-hybridized carbons (Fsp3) is 0.667. The molecule has 0 spiro atoms. The van der Waals surface area contributed by atoms with Gasteiger partial charge >= 0.3 is 6.03 Å². The molecule has 1 aromatic heterocycles. The number of ether oxygens (including phenoxy) is 1. The Bertz CT molecular complexity index is 624. The number of carbonyl (C=O) groups excluding carboxylic acids is 1. The molecule has 23 heavy (non-hydrogen) atoms. The number of hydrogen-bond donors (Lipinski definition) is 2. The lowest BCUT2D eigenvalue weighted by molar-refractivity contribution is 0.122. The number of aromatic amines is 1. The third-order valence-electron chi connectivity index (χ3n) is 4.18. The molecule has 2 amide bonds. The van der Waals surface area contributed by atoms with Gasteiger partial charge in [-0.15, -0.1) is 0 Å². The zero-order chi connectivity index (χ0) is 16.2. The molecule has 2 N–H and O–H groups in total. The lowest BCUT2D eigenvalue weighted by atomic mass is 10.1. The standard InChI is InChI=1S/C15H23N5O3/c1-2-4-16-15(22)20-5-3-12-11(10-20)13(21)18-14(17-12)19-6-8-23-9-7-19/h2-10H2,1H3,(H,16,22)(H,17,18,21). The topological polar surface area (TPSA) is 90.6 Å². The Labute approximate surface area is 134 Å². The average molecular weight is 321 g/mol. The molecule has 0 aromatic carbocycles. The number of aromatic nitrogens is 2. The first kappa shape index (κ1) is 15.8. The molecule has 1 saturated heterocycles. The highest BCUT2D eigenvalue weighted by atomic mass is 16.5. The lowest BCUT2D eigenvalue weighted by Gasteiger charge is -2.30. The van der Waals surface area contributed by atoms with Crippen LogP contribution in [0.2, 0.25) is 0 Å². The summed E-state index contributed by atoms with van der Waals surface area (Å²) >= 11 is 0. The quantitative estimate of drug-likeness (QED) is 0.823. The molecule has 3 rings (SSSR count). The Morgan fingerprint density at radius 3 is 2.87 bits per heavy atom. The van der Waals surface area contributed by atoms with E-state index < -0.39 is 0 Å². The number of morpholine rings is 1. The molecule has 0 bridgehead atoms. The largest absolute Gasteiger partial charge is 0.378 e. The van der Waals surface area contributed by atoms with Crippen molar-refractivity contribution in [2.24, 2.45) is 0 Å². The van der Waals surface area contributed by atoms with Crippen LogP contribution in [0.1, 0.15) is 24.6 Å². The number of anilines is 1. The van der Waals surface area contributed by atoms with Crippen molar-refractivity contribution in [1.29, 1.82) is 0 Å². The Hall–Kier alpha value is -2.09. The van der Waals surface area contributed by atoms with E-state index in [4.69, 9.17) is 4.74 Å². The smallest absolute Gasteiger partial charge is 0.317 e. The van der Waals surface area contributed by atoms with Crippen molar-refractivity contribution in [1.82, 2.24) is 20.2 Å². The summed E-state index contributed by atoms with van der Waals surface area (Å²) in [5.74, 6) is 0.612. The van der Waals surface area contributed by atoms with Gasteiger partial charge in [0.25, 0.3) is 5.56 Å². The van der Waals surface area contributed by atoms with Crippen LogP contribution in [0, 0.1) is 0 Å². The van der Waals surface area contributed by atoms with Crippen LogP contribution < -0.4 is 15.8 Å². The summed E-state index contributed by atoms with van der Waals surface area (Å²) in [6.07, 6.45) is 1.50. The molecule has 0 unspecified atom stereocenters. The zero-order valence-electron chi connectivity index (χ0n) is 13.4. The van der Waals surface area contributed by atoms with Gasteiger partial charge in [0.1, 0.15) is 0 Å². The second-order valence-electron chi connectivity index (χ2n) is 5.82. The van der Waals surface area contributed by atoms with E-state index >= 15 is 0 Å². The predicted octanol–water partition coefficient (Wildman–Crippen LogP) is 0.0842. The molecule has 2 aliphatic rings. The first-order valence-corrected chi connectivity index (χ1v) is 8.16. The van der Waals surface area contributed by atoms with Gasteiger partial charge in [0.2, 0.25) is 5.95 Å². The van der Waals surface area contributed by atoms with Crippen LogP contribution in [0.3, 0.4) is 0 Å². The molecule has 1 aromatic rings. The maximum atomic E-state index is 12.4. The summed E-state index contributed by atoms with van der Waals surface area (Å²) in [5.41, 5.74) is 1.25. The third kappa shape index (κ3) is 3.47. The number of hydrogen-bond acceptors (Lipinski definition) is 5. The van der Waals surface area contributed by atoms with Crippen LogP contribution in [0.15, 0.2) is 4.79 Å². The number of fused-ring (bicyclic) bond motifs is 1. The van der Waals surface area contributed by atoms with Crippen molar-refractivity contribution in [3.63, 3.8) is 0 Å². The third-order valence-corrected chi connectivity index (χ3v) is 4.18. The minimum absolute atomic E-state index is 0.117. The van der Waals surface area contributed by atoms with Crippen LogP contribution >= 0.6 is 0 Å². The minimum Gasteiger partial charge on any atom is -0.378 e. The molecule has 126 valence electrons. The van der Waals surface area contributed by atoms with E-state index in [1.54, 1.807) is 4.90 Å². The molecule has 0 aliphatic carbocycles. The molecule has 2 aliphatic heterocycles. The van der Waals surface area contributed by atoms with Gasteiger partial charge in [0.05, 0.1) is 31.0 Å². The first-order valence-electron chi connectivity index (χ1n) is 8.16. The Morgan fingerprint density at radius 1 is 1.35 bits per heavy atom. The van der Waals surface area contributed by atoms with Gasteiger partial charge in [-0.05, 0) is 6.42 Å². The highest BCUT2D eigenvalue weighted by Crippen LogP contribution is 2.17. The van der Waals surface area contributed by atoms with E-state index in [1.807, 2.05) is 11.8 Å². The Kier molecular flexibility index (Phi) is 4.80. The molecular formula is C15H23N5O3. The Morgan fingerprint density at radius 2 is 2.13 bits per heavy atom. The Balaban J connectivity index is 1.76. The van der Waals surface area contributed by atoms with Crippen molar-refractivity contribution in [2.45, 2.75) is 26.3 Å². The van der Waals surface area contributed by atoms with E-state index in [1.165, 1.54) is 0 Å². The number of carbonyl (C=O) groups is 1. The SMILES string of the molecule is CCCNC(=O)N1CCc2nc(N3CCOCC3)[nH]c(=O)c2C1. The first-order chi connectivity index (χ1) is 11.2. The van der Waals surface area contributed by atoms with Gasteiger partial charge in [-0.3, -0.25) is 9.78 Å². The fourth-order valence-corrected chi connectivity index (χ4v) is 2.85. The van der Waals surface area contributed by atoms with E-state index in [-0.39, 0.29) is 11.6 Å². The van der Waals surface area contributed by atoms with E-state index in [0.29, 0.717) is 50.8 Å². The van der Waals surface area contributed by atoms with Crippen LogP contribution in [-0.4, -0.2) is 60.3 Å². The van der Waals surface area contributed by atoms with Crippen LogP contribution in [-0.2, 0) is 17.7 Å². The second-order valence-corrected chi connectivity index (χ2v) is 5.82. The van der Waals surface area contributed by atoms with Gasteiger partial charge in [-0.25, -0.2) is 9.78 Å². The molecule has 1 fully saturated rings. The fourth-order valence-electron chi connectivity index (χ4n) is 2.85. The van der Waals surface area contributed by atoms with Crippen LogP contribution in [0.25, 0.3) is 0 Å². The number of urea groups is 1. The summed E-state index contributed by atoms with van der Waals surface area (Å²) in [7, 11) is 0. The number of rotatable bonds is 3. The summed E-state index contributed by atoms with van der Waals surface area (Å²) < 4.78 is 5.32. The van der Waals surface area contributed by atoms with E-state index in [2.05, 4.69) is 15.3 Å². The second kappa shape index (κ2) is 6.99. The molecule has 0 atom stereocenters. The molecule has 0 saturated carbocycles. The van der Waals surface area contributed by atoms with Gasteiger partial charge in [-0.2, -0.15) is 0 Å². The maximum Gasteiger partial charge on any atom is 0.317 e. The van der Waals surface area contributed by atoms with Crippen molar-refractivity contribution >= 4 is 12.0 Å². The molecular weight excluding hydrogens is 298 g/mol. The van der Waals surface area contributed by atoms with Crippen molar-refractivity contribution in [2.75, 3.05) is 44.3 Å². The van der Waals surface area contributed by atoms with Gasteiger partial charge < -0.3 is 19.9 Å². The zero-order valence-corrected chi connectivity index (χ0v) is 13.4. The van der Waals surface area contributed by atoms with E-state index in [9.17, 15) is 9.59 Å². The van der Waals surface area contributed by atoms with Gasteiger partial charge in [0.15, 0.2) is 0 Å². The monoisotopic (exact) mass is 321 g/mol. The van der Waals surface area contributed by atoms with Crippen LogP contribution in [0.5, 0.6) is 0 Å². The predicted molar refractivity (Wildman–Crippen MR) is 85.7 cm³/mol. The minimum atomic E-state index is -0.149. The molecule has 8 nitrogen and oxygen atoms in total. The van der Waals surface area contributed by atoms with Gasteiger partial charge in [0, 0.05) is 32.6 Å². The summed E-state index contributed by atoms with van der Waals surface area (Å²) in [5, 5.41) is 2.85. The van der Waals surface area contributed by atoms with E-state index in [0.717, 1.165) is 25.2 Å². The van der Waals surface area contributed by atoms with Gasteiger partial charge in [-0.1, -0.05) is 6.92 Å². The molecule has 8 heteroatoms. The number of amides is 2. The summed E-state index contributed by atoms with van der Waals surface area (Å²) in [6, 6.07) is -0.117. The summed E-state index contributed by atoms with van der Waals surface area (Å²) in [6.45, 7) is 6.30. The average Bonchev–Trinajstić information content (AvgIpc) is 2.60. The van der Waals surface area contributed by atoms with Crippen LogP contribution in [0.4, 0.5) is 10.7 Å². The number of nitrogens with zero attached hydrogens (tertiary/aromatic N) is 3. The highest BCUT2D eigenvalue weighted by molar-refractivity contribution is 5.74. The highest BCUT2D eigenvalue weighted by Gasteiger charge is 2.25. The van der Waals surface area contributed by atoms with Crippen molar-refractivity contribution < 1.29 is 9.53 Å². The maximum absolute atomic E-state index is 12.4. The van der Waals surface area contributed by atoms with Crippen molar-refractivity contribution in [3.05, 3.63) is 21.6 Å². The number of H-pyrrole nitrogens is 1. The molecule has 0 radical (unpaired) electrons. The number of nitrogens with one attached hydrogen (secondary N) is 2. The van der Waals surface area contributed by atoms with Crippen molar-refractivity contribution in [3.8, 4) is 0 Å². The molecule has 3 heterocycles. The summed E-state index contributed by atoms with van der Waals surface area (Å²) in [4.78, 5) is 35.6. The normalized spacial score (nSPS) is 17.8.